The number of nitrogens with one attached hydrogen (secondary N) is 2. The number of halogens is 1. The molecule has 0 saturated heterocycles. The zero-order valence-electron chi connectivity index (χ0n) is 24.8. The highest BCUT2D eigenvalue weighted by Crippen LogP contribution is 2.49. The van der Waals surface area contributed by atoms with Crippen LogP contribution in [0.3, 0.4) is 0 Å². The van der Waals surface area contributed by atoms with Gasteiger partial charge in [-0.3, -0.25) is 14.6 Å². The van der Waals surface area contributed by atoms with Crippen LogP contribution < -0.4 is 22.4 Å². The predicted octanol–water partition coefficient (Wildman–Crippen LogP) is 4.29. The summed E-state index contributed by atoms with van der Waals surface area (Å²) in [5.41, 5.74) is 9.64. The van der Waals surface area contributed by atoms with Crippen LogP contribution in [-0.2, 0) is 4.79 Å². The van der Waals surface area contributed by atoms with Gasteiger partial charge in [-0.2, -0.15) is 5.10 Å². The topological polar surface area (TPSA) is 138 Å². The minimum atomic E-state index is -0.591. The number of hydrazone groups is 1. The molecule has 2 aromatic carbocycles. The third kappa shape index (κ3) is 7.56. The summed E-state index contributed by atoms with van der Waals surface area (Å²) in [6, 6.07) is 13.4. The van der Waals surface area contributed by atoms with E-state index >= 15 is 0 Å². The molecule has 1 aliphatic heterocycles. The molecule has 1 aliphatic carbocycles. The molecule has 1 heterocycles. The Morgan fingerprint density at radius 3 is 2.27 bits per heavy atom. The lowest BCUT2D eigenvalue weighted by atomic mass is 9.69. The van der Waals surface area contributed by atoms with E-state index in [-0.39, 0.29) is 23.2 Å². The predicted molar refractivity (Wildman–Crippen MR) is 162 cm³/mol. The maximum atomic E-state index is 13.9. The van der Waals surface area contributed by atoms with Crippen LogP contribution in [0.25, 0.3) is 0 Å². The van der Waals surface area contributed by atoms with Crippen molar-refractivity contribution in [2.75, 3.05) is 13.6 Å². The second-order valence-corrected chi connectivity index (χ2v) is 11.7. The molecule has 41 heavy (non-hydrogen) atoms. The lowest BCUT2D eigenvalue weighted by Gasteiger charge is -2.47. The summed E-state index contributed by atoms with van der Waals surface area (Å²) >= 11 is 0. The van der Waals surface area contributed by atoms with Gasteiger partial charge in [0.15, 0.2) is 0 Å². The number of benzene rings is 2. The van der Waals surface area contributed by atoms with E-state index in [1.807, 2.05) is 17.0 Å². The number of aliphatic imine (C=N–C) groups is 1. The van der Waals surface area contributed by atoms with Crippen LogP contribution in [0.15, 0.2) is 58.6 Å². The number of hydrazine groups is 1. The minimum absolute atomic E-state index is 0.0952. The Kier molecular flexibility index (Phi) is 10.8. The summed E-state index contributed by atoms with van der Waals surface area (Å²) in [4.78, 5) is 32.1. The van der Waals surface area contributed by atoms with Crippen LogP contribution in [0.4, 0.5) is 4.39 Å². The van der Waals surface area contributed by atoms with Crippen LogP contribution >= 0.6 is 0 Å². The molecule has 9 nitrogen and oxygen atoms in total. The average molecular weight is 566 g/mol. The van der Waals surface area contributed by atoms with Gasteiger partial charge in [-0.1, -0.05) is 52.0 Å². The summed E-state index contributed by atoms with van der Waals surface area (Å²) in [7, 11) is 1.78. The van der Waals surface area contributed by atoms with E-state index in [1.54, 1.807) is 31.3 Å². The van der Waals surface area contributed by atoms with E-state index in [0.717, 1.165) is 44.0 Å². The maximum Gasteiger partial charge on any atom is 0.275 e. The van der Waals surface area contributed by atoms with Gasteiger partial charge in [-0.25, -0.2) is 15.8 Å². The summed E-state index contributed by atoms with van der Waals surface area (Å²) in [5.74, 6) is 5.41. The number of amides is 1. The molecule has 222 valence electrons. The van der Waals surface area contributed by atoms with Gasteiger partial charge in [-0.15, -0.1) is 0 Å². The maximum absolute atomic E-state index is 13.9. The summed E-state index contributed by atoms with van der Waals surface area (Å²) in [5, 5.41) is 6.27. The monoisotopic (exact) mass is 565 g/mol. The fraction of sp³-hybridized carbons (Fsp3) is 0.484. The largest absolute Gasteiger partial charge is 0.385 e. The third-order valence-corrected chi connectivity index (χ3v) is 8.04. The van der Waals surface area contributed by atoms with Crippen LogP contribution in [0.1, 0.15) is 87.3 Å². The van der Waals surface area contributed by atoms with Gasteiger partial charge < -0.3 is 16.0 Å². The number of aldehydes is 1. The number of nitrogens with zero attached hydrogens (tertiary/aromatic N) is 3. The first-order valence-corrected chi connectivity index (χ1v) is 14.2. The van der Waals surface area contributed by atoms with Crippen molar-refractivity contribution in [3.63, 3.8) is 0 Å². The summed E-state index contributed by atoms with van der Waals surface area (Å²) in [6.45, 7) is 9.47. The van der Waals surface area contributed by atoms with Crippen LogP contribution in [0.5, 0.6) is 0 Å². The van der Waals surface area contributed by atoms with Crippen molar-refractivity contribution in [3.05, 3.63) is 71.0 Å². The van der Waals surface area contributed by atoms with E-state index < -0.39 is 5.66 Å². The summed E-state index contributed by atoms with van der Waals surface area (Å²) < 4.78 is 13.6. The molecule has 6 N–H and O–H groups in total. The van der Waals surface area contributed by atoms with Crippen molar-refractivity contribution >= 4 is 23.7 Å². The fourth-order valence-electron chi connectivity index (χ4n) is 5.81. The normalized spacial score (nSPS) is 21.7. The Morgan fingerprint density at radius 1 is 1.17 bits per heavy atom. The molecule has 0 radical (unpaired) electrons. The standard InChI is InChI=1S/C28H33FN2O2.C3H11N5/c1-5-24(20-8-6-19(18-32)7-9-20)31-26(33)25(21-10-12-23(29)13-11-21)30-28(31)16-14-22(15-17-28)27(2,3)4;1-6-2-3(4)7-8-5/h6-13,18,22,24H,5,14-17H2,1-4H3;6,8H,2,5H2,1H3,(H2,4,7). The highest BCUT2D eigenvalue weighted by Gasteiger charge is 2.52. The van der Waals surface area contributed by atoms with Gasteiger partial charge in [-0.05, 0) is 80.3 Å². The van der Waals surface area contributed by atoms with E-state index in [2.05, 4.69) is 43.6 Å². The molecule has 1 amide bonds. The van der Waals surface area contributed by atoms with Crippen LogP contribution in [-0.4, -0.2) is 47.9 Å². The quantitative estimate of drug-likeness (QED) is 0.124. The Labute approximate surface area is 242 Å². The molecule has 0 bridgehead atoms. The Morgan fingerprint density at radius 2 is 1.78 bits per heavy atom. The SMILES string of the molecule is CCC(c1ccc(C=O)cc1)N1C(=O)C(c2ccc(F)cc2)=NC12CCC(C(C)(C)C)CC2.CNC/C(N)=N/NN. The zero-order chi connectivity index (χ0) is 30.2. The van der Waals surface area contributed by atoms with Gasteiger partial charge >= 0.3 is 0 Å². The number of carbonyl (C=O) groups excluding carboxylic acids is 2. The number of rotatable bonds is 8. The molecular formula is C31H44FN7O2. The Hall–Kier alpha value is -3.63. The molecule has 1 spiro atoms. The highest BCUT2D eigenvalue weighted by molar-refractivity contribution is 6.46. The van der Waals surface area contributed by atoms with E-state index in [0.29, 0.717) is 35.1 Å². The van der Waals surface area contributed by atoms with E-state index in [1.165, 1.54) is 12.1 Å². The smallest absolute Gasteiger partial charge is 0.275 e. The molecule has 1 atom stereocenters. The first kappa shape index (κ1) is 31.9. The second kappa shape index (κ2) is 13.8. The lowest BCUT2D eigenvalue weighted by Crippen LogP contribution is -2.51. The molecule has 2 aromatic rings. The Bertz CT molecular complexity index is 1230. The van der Waals surface area contributed by atoms with Crippen molar-refractivity contribution in [1.29, 1.82) is 0 Å². The molecule has 1 unspecified atom stereocenters. The third-order valence-electron chi connectivity index (χ3n) is 8.04. The number of likely N-dealkylation sites (N-methyl/N-ethyl adjacent to an activating group) is 1. The molecule has 4 rings (SSSR count). The molecule has 1 saturated carbocycles. The van der Waals surface area contributed by atoms with Crippen LogP contribution in [0.2, 0.25) is 0 Å². The molecule has 10 heteroatoms. The van der Waals surface area contributed by atoms with Crippen LogP contribution in [0, 0.1) is 17.2 Å². The molecule has 0 aromatic heterocycles. The fourth-order valence-corrected chi connectivity index (χ4v) is 5.81. The van der Waals surface area contributed by atoms with Gasteiger partial charge in [0.05, 0.1) is 12.6 Å². The number of nitrogens with two attached hydrogens (primary N) is 2. The van der Waals surface area contributed by atoms with Gasteiger partial charge in [0.2, 0.25) is 0 Å². The first-order valence-electron chi connectivity index (χ1n) is 14.2. The zero-order valence-corrected chi connectivity index (χ0v) is 24.8. The molecule has 1 fully saturated rings. The van der Waals surface area contributed by atoms with Crippen molar-refractivity contribution < 1.29 is 14.0 Å². The average Bonchev–Trinajstić information content (AvgIpc) is 3.21. The molecule has 2 aliphatic rings. The number of hydrogen-bond acceptors (Lipinski definition) is 7. The van der Waals surface area contributed by atoms with Crippen molar-refractivity contribution in [3.8, 4) is 0 Å². The van der Waals surface area contributed by atoms with Crippen molar-refractivity contribution in [1.82, 2.24) is 15.8 Å². The van der Waals surface area contributed by atoms with Crippen molar-refractivity contribution in [2.45, 2.75) is 71.5 Å². The van der Waals surface area contributed by atoms with Gasteiger partial charge in [0.1, 0.15) is 29.3 Å². The lowest BCUT2D eigenvalue weighted by molar-refractivity contribution is -0.133. The van der Waals surface area contributed by atoms with E-state index in [4.69, 9.17) is 16.6 Å². The van der Waals surface area contributed by atoms with E-state index in [9.17, 15) is 14.0 Å². The summed E-state index contributed by atoms with van der Waals surface area (Å²) in [6.07, 6.45) is 5.21. The highest BCUT2D eigenvalue weighted by atomic mass is 19.1. The Balaban J connectivity index is 0.000000507. The first-order chi connectivity index (χ1) is 19.5. The van der Waals surface area contributed by atoms with Gasteiger partial charge in [0, 0.05) is 11.1 Å². The van der Waals surface area contributed by atoms with Gasteiger partial charge in [0.25, 0.3) is 5.91 Å². The number of amidine groups is 1. The second-order valence-electron chi connectivity index (χ2n) is 11.7. The minimum Gasteiger partial charge on any atom is -0.385 e. The number of hydrogen-bond donors (Lipinski definition) is 4. The molecular weight excluding hydrogens is 521 g/mol. The number of carbonyl (C=O) groups is 2. The van der Waals surface area contributed by atoms with Crippen molar-refractivity contribution in [2.24, 2.45) is 33.0 Å².